The zero-order valence-electron chi connectivity index (χ0n) is 7.56. The van der Waals surface area contributed by atoms with E-state index in [-0.39, 0.29) is 6.54 Å². The third kappa shape index (κ3) is 2.51. The summed E-state index contributed by atoms with van der Waals surface area (Å²) in [5, 5.41) is 15.9. The maximum Gasteiger partial charge on any atom is 0.325 e. The van der Waals surface area contributed by atoms with Gasteiger partial charge in [0.25, 0.3) is 0 Å². The van der Waals surface area contributed by atoms with E-state index in [2.05, 4.69) is 10.3 Å². The summed E-state index contributed by atoms with van der Waals surface area (Å²) < 4.78 is 1.24. The molecule has 3 N–H and O–H groups in total. The van der Waals surface area contributed by atoms with Gasteiger partial charge >= 0.3 is 5.97 Å². The highest BCUT2D eigenvalue weighted by Gasteiger charge is 2.18. The molecule has 6 heteroatoms. The van der Waals surface area contributed by atoms with Gasteiger partial charge in [-0.1, -0.05) is 5.21 Å². The highest BCUT2D eigenvalue weighted by atomic mass is 16.4. The van der Waals surface area contributed by atoms with E-state index in [1.54, 1.807) is 13.8 Å². The summed E-state index contributed by atoms with van der Waals surface area (Å²) >= 11 is 0. The standard InChI is InChI=1S/C7H12N4O2/c1-7(2,8)5-3-11(10-9-5)4-6(12)13/h3H,4,8H2,1-2H3,(H,12,13). The van der Waals surface area contributed by atoms with Crippen LogP contribution >= 0.6 is 0 Å². The van der Waals surface area contributed by atoms with E-state index in [1.165, 1.54) is 10.9 Å². The molecular weight excluding hydrogens is 172 g/mol. The van der Waals surface area contributed by atoms with Crippen molar-refractivity contribution in [2.24, 2.45) is 5.73 Å². The summed E-state index contributed by atoms with van der Waals surface area (Å²) in [5.41, 5.74) is 5.73. The molecule has 0 unspecified atom stereocenters. The molecule has 0 bridgehead atoms. The summed E-state index contributed by atoms with van der Waals surface area (Å²) in [7, 11) is 0. The Morgan fingerprint density at radius 1 is 1.77 bits per heavy atom. The number of hydrogen-bond donors (Lipinski definition) is 2. The van der Waals surface area contributed by atoms with Crippen molar-refractivity contribution in [3.8, 4) is 0 Å². The van der Waals surface area contributed by atoms with Crippen molar-refractivity contribution < 1.29 is 9.90 Å². The van der Waals surface area contributed by atoms with E-state index in [9.17, 15) is 4.79 Å². The first-order valence-corrected chi connectivity index (χ1v) is 3.81. The van der Waals surface area contributed by atoms with Gasteiger partial charge in [0, 0.05) is 0 Å². The van der Waals surface area contributed by atoms with Crippen LogP contribution in [0.1, 0.15) is 19.5 Å². The van der Waals surface area contributed by atoms with Gasteiger partial charge in [-0.15, -0.1) is 5.10 Å². The number of nitrogens with two attached hydrogens (primary N) is 1. The third-order valence-corrected chi connectivity index (χ3v) is 1.50. The van der Waals surface area contributed by atoms with E-state index in [0.717, 1.165) is 0 Å². The van der Waals surface area contributed by atoms with Crippen LogP contribution in [0.4, 0.5) is 0 Å². The molecule has 0 radical (unpaired) electrons. The lowest BCUT2D eigenvalue weighted by Crippen LogP contribution is -2.29. The Morgan fingerprint density at radius 2 is 2.38 bits per heavy atom. The van der Waals surface area contributed by atoms with Crippen molar-refractivity contribution in [1.29, 1.82) is 0 Å². The van der Waals surface area contributed by atoms with Gasteiger partial charge in [-0.3, -0.25) is 4.79 Å². The molecule has 1 rings (SSSR count). The first-order valence-electron chi connectivity index (χ1n) is 3.81. The molecule has 0 spiro atoms. The van der Waals surface area contributed by atoms with Crippen LogP contribution in [0, 0.1) is 0 Å². The van der Waals surface area contributed by atoms with Gasteiger partial charge in [0.15, 0.2) is 0 Å². The smallest absolute Gasteiger partial charge is 0.325 e. The van der Waals surface area contributed by atoms with Crippen molar-refractivity contribution in [3.05, 3.63) is 11.9 Å². The van der Waals surface area contributed by atoms with Crippen LogP contribution in [-0.4, -0.2) is 26.1 Å². The van der Waals surface area contributed by atoms with Crippen molar-refractivity contribution in [3.63, 3.8) is 0 Å². The molecule has 1 aromatic heterocycles. The van der Waals surface area contributed by atoms with Crippen LogP contribution in [0.5, 0.6) is 0 Å². The largest absolute Gasteiger partial charge is 0.480 e. The zero-order valence-corrected chi connectivity index (χ0v) is 7.56. The van der Waals surface area contributed by atoms with E-state index in [4.69, 9.17) is 10.8 Å². The number of hydrogen-bond acceptors (Lipinski definition) is 4. The Hall–Kier alpha value is -1.43. The van der Waals surface area contributed by atoms with E-state index < -0.39 is 11.5 Å². The van der Waals surface area contributed by atoms with Crippen LogP contribution in [0.15, 0.2) is 6.20 Å². The van der Waals surface area contributed by atoms with Crippen molar-refractivity contribution >= 4 is 5.97 Å². The number of nitrogens with zero attached hydrogens (tertiary/aromatic N) is 3. The second-order valence-electron chi connectivity index (χ2n) is 3.42. The summed E-state index contributed by atoms with van der Waals surface area (Å²) in [4.78, 5) is 10.3. The number of carboxylic acids is 1. The van der Waals surface area contributed by atoms with Gasteiger partial charge in [0.1, 0.15) is 12.2 Å². The molecule has 1 aromatic rings. The Morgan fingerprint density at radius 3 is 2.77 bits per heavy atom. The molecule has 0 aliphatic heterocycles. The van der Waals surface area contributed by atoms with E-state index in [0.29, 0.717) is 5.69 Å². The molecule has 1 heterocycles. The van der Waals surface area contributed by atoms with Gasteiger partial charge in [0.05, 0.1) is 11.7 Å². The minimum absolute atomic E-state index is 0.191. The van der Waals surface area contributed by atoms with Gasteiger partial charge in [0.2, 0.25) is 0 Å². The van der Waals surface area contributed by atoms with Crippen LogP contribution in [-0.2, 0) is 16.9 Å². The Labute approximate surface area is 75.3 Å². The normalized spacial score (nSPS) is 11.6. The predicted octanol–water partition coefficient (Wildman–Crippen LogP) is -0.444. The van der Waals surface area contributed by atoms with Gasteiger partial charge in [-0.2, -0.15) is 0 Å². The molecule has 0 fully saturated rings. The van der Waals surface area contributed by atoms with Crippen LogP contribution < -0.4 is 5.73 Å². The maximum absolute atomic E-state index is 10.3. The fourth-order valence-corrected chi connectivity index (χ4v) is 0.810. The fraction of sp³-hybridized carbons (Fsp3) is 0.571. The Bertz CT molecular complexity index is 313. The average molecular weight is 184 g/mol. The lowest BCUT2D eigenvalue weighted by atomic mass is 10.0. The molecule has 6 nitrogen and oxygen atoms in total. The average Bonchev–Trinajstić information content (AvgIpc) is 2.32. The third-order valence-electron chi connectivity index (χ3n) is 1.50. The molecule has 0 aliphatic carbocycles. The lowest BCUT2D eigenvalue weighted by molar-refractivity contribution is -0.137. The van der Waals surface area contributed by atoms with Crippen LogP contribution in [0.3, 0.4) is 0 Å². The summed E-state index contributed by atoms with van der Waals surface area (Å²) in [6.45, 7) is 3.37. The molecular formula is C7H12N4O2. The molecule has 0 saturated carbocycles. The highest BCUT2D eigenvalue weighted by Crippen LogP contribution is 2.11. The minimum atomic E-state index is -0.953. The number of carbonyl (C=O) groups is 1. The van der Waals surface area contributed by atoms with E-state index in [1.807, 2.05) is 0 Å². The van der Waals surface area contributed by atoms with Crippen LogP contribution in [0.2, 0.25) is 0 Å². The molecule has 0 aromatic carbocycles. The second kappa shape index (κ2) is 3.14. The fourth-order valence-electron chi connectivity index (χ4n) is 0.810. The monoisotopic (exact) mass is 184 g/mol. The van der Waals surface area contributed by atoms with Crippen molar-refractivity contribution in [2.45, 2.75) is 25.9 Å². The van der Waals surface area contributed by atoms with Crippen LogP contribution in [0.25, 0.3) is 0 Å². The summed E-state index contributed by atoms with van der Waals surface area (Å²) in [6, 6.07) is 0. The van der Waals surface area contributed by atoms with Gasteiger partial charge in [-0.25, -0.2) is 4.68 Å². The molecule has 72 valence electrons. The molecule has 13 heavy (non-hydrogen) atoms. The molecule has 0 saturated heterocycles. The summed E-state index contributed by atoms with van der Waals surface area (Å²) in [6.07, 6.45) is 1.54. The number of rotatable bonds is 3. The topological polar surface area (TPSA) is 94.0 Å². The molecule has 0 aliphatic rings. The molecule has 0 atom stereocenters. The second-order valence-corrected chi connectivity index (χ2v) is 3.42. The first-order chi connectivity index (χ1) is 5.89. The first kappa shape index (κ1) is 9.66. The van der Waals surface area contributed by atoms with E-state index >= 15 is 0 Å². The SMILES string of the molecule is CC(C)(N)c1cn(CC(=O)O)nn1. The Kier molecular flexibility index (Phi) is 2.33. The Balaban J connectivity index is 2.81. The van der Waals surface area contributed by atoms with Crippen molar-refractivity contribution in [1.82, 2.24) is 15.0 Å². The number of aromatic nitrogens is 3. The molecule has 0 amide bonds. The maximum atomic E-state index is 10.3. The van der Waals surface area contributed by atoms with Crippen molar-refractivity contribution in [2.75, 3.05) is 0 Å². The highest BCUT2D eigenvalue weighted by molar-refractivity contribution is 5.66. The number of carboxylic acid groups (broad SMARTS) is 1. The predicted molar refractivity (Wildman–Crippen MR) is 44.9 cm³/mol. The lowest BCUT2D eigenvalue weighted by Gasteiger charge is -2.13. The minimum Gasteiger partial charge on any atom is -0.480 e. The number of aliphatic carboxylic acids is 1. The van der Waals surface area contributed by atoms with Gasteiger partial charge in [-0.05, 0) is 13.8 Å². The zero-order chi connectivity index (χ0) is 10.1. The van der Waals surface area contributed by atoms with Gasteiger partial charge < -0.3 is 10.8 Å². The quantitative estimate of drug-likeness (QED) is 0.663. The summed E-state index contributed by atoms with van der Waals surface area (Å²) in [5.74, 6) is -0.953.